The van der Waals surface area contributed by atoms with Crippen LogP contribution in [0.25, 0.3) is 0 Å². The number of rotatable bonds is 9. The molecule has 0 spiro atoms. The molecule has 0 atom stereocenters. The fourth-order valence-electron chi connectivity index (χ4n) is 1.97. The van der Waals surface area contributed by atoms with Crippen molar-refractivity contribution < 1.29 is 4.74 Å². The van der Waals surface area contributed by atoms with E-state index in [2.05, 4.69) is 26.0 Å². The lowest BCUT2D eigenvalue weighted by Crippen LogP contribution is -2.39. The van der Waals surface area contributed by atoms with Crippen LogP contribution in [-0.4, -0.2) is 44.3 Å². The summed E-state index contributed by atoms with van der Waals surface area (Å²) < 4.78 is 5.61. The Balaban J connectivity index is 1.49. The number of aliphatic imine (C=N–C) groups is 1. The van der Waals surface area contributed by atoms with E-state index in [-0.39, 0.29) is 0 Å². The van der Waals surface area contributed by atoms with E-state index in [4.69, 9.17) is 4.74 Å². The van der Waals surface area contributed by atoms with Crippen molar-refractivity contribution in [2.24, 2.45) is 10.9 Å². The molecular formula is C15H26N4OS. The minimum atomic E-state index is 0.832. The Morgan fingerprint density at radius 2 is 2.24 bits per heavy atom. The normalized spacial score (nSPS) is 15.2. The molecule has 0 saturated heterocycles. The Hall–Kier alpha value is -1.14. The van der Waals surface area contributed by atoms with E-state index < -0.39 is 0 Å². The summed E-state index contributed by atoms with van der Waals surface area (Å²) in [5, 5.41) is 9.85. The summed E-state index contributed by atoms with van der Waals surface area (Å²) in [7, 11) is 1.80. The lowest BCUT2D eigenvalue weighted by atomic mass is 10.3. The first-order valence-electron chi connectivity index (χ1n) is 7.71. The van der Waals surface area contributed by atoms with Crippen molar-refractivity contribution >= 4 is 17.3 Å². The van der Waals surface area contributed by atoms with Gasteiger partial charge in [0.25, 0.3) is 0 Å². The highest BCUT2D eigenvalue weighted by molar-refractivity contribution is 7.09. The van der Waals surface area contributed by atoms with Gasteiger partial charge >= 0.3 is 0 Å². The van der Waals surface area contributed by atoms with Crippen LogP contribution in [0, 0.1) is 12.8 Å². The average Bonchev–Trinajstić information content (AvgIpc) is 3.22. The van der Waals surface area contributed by atoms with Gasteiger partial charge in [0, 0.05) is 45.2 Å². The van der Waals surface area contributed by atoms with Gasteiger partial charge in [-0.1, -0.05) is 0 Å². The van der Waals surface area contributed by atoms with Gasteiger partial charge in [-0.15, -0.1) is 11.3 Å². The van der Waals surface area contributed by atoms with Crippen LogP contribution in [0.15, 0.2) is 10.4 Å². The van der Waals surface area contributed by atoms with Gasteiger partial charge in [-0.2, -0.15) is 0 Å². The second kappa shape index (κ2) is 9.00. The first-order chi connectivity index (χ1) is 10.3. The zero-order valence-corrected chi connectivity index (χ0v) is 13.8. The molecule has 0 bridgehead atoms. The Bertz CT molecular complexity index is 443. The maximum Gasteiger partial charge on any atom is 0.190 e. The van der Waals surface area contributed by atoms with Crippen molar-refractivity contribution in [2.45, 2.75) is 32.6 Å². The Kier molecular flexibility index (Phi) is 6.95. The summed E-state index contributed by atoms with van der Waals surface area (Å²) in [5.74, 6) is 1.70. The van der Waals surface area contributed by atoms with Crippen LogP contribution in [0.5, 0.6) is 0 Å². The predicted octanol–water partition coefficient (Wildman–Crippen LogP) is 1.98. The van der Waals surface area contributed by atoms with Crippen molar-refractivity contribution in [3.63, 3.8) is 0 Å². The molecule has 0 aromatic carbocycles. The van der Waals surface area contributed by atoms with Gasteiger partial charge in [0.2, 0.25) is 0 Å². The number of hydrogen-bond acceptors (Lipinski definition) is 4. The molecule has 118 valence electrons. The van der Waals surface area contributed by atoms with Crippen molar-refractivity contribution in [1.29, 1.82) is 0 Å². The molecule has 2 rings (SSSR count). The minimum absolute atomic E-state index is 0.832. The number of nitrogens with zero attached hydrogens (tertiary/aromatic N) is 2. The number of hydrogen-bond donors (Lipinski definition) is 2. The van der Waals surface area contributed by atoms with Crippen molar-refractivity contribution in [3.05, 3.63) is 16.1 Å². The third-order valence-corrected chi connectivity index (χ3v) is 4.19. The van der Waals surface area contributed by atoms with Crippen molar-refractivity contribution in [2.75, 3.05) is 33.4 Å². The quantitative estimate of drug-likeness (QED) is 0.416. The molecule has 0 amide bonds. The molecule has 0 aliphatic heterocycles. The van der Waals surface area contributed by atoms with E-state index in [9.17, 15) is 0 Å². The van der Waals surface area contributed by atoms with Crippen LogP contribution >= 0.6 is 11.3 Å². The lowest BCUT2D eigenvalue weighted by molar-refractivity contribution is 0.123. The monoisotopic (exact) mass is 310 g/mol. The molecule has 0 radical (unpaired) electrons. The molecular weight excluding hydrogens is 284 g/mol. The molecule has 1 fully saturated rings. The van der Waals surface area contributed by atoms with E-state index in [0.29, 0.717) is 0 Å². The van der Waals surface area contributed by atoms with Crippen LogP contribution in [0.2, 0.25) is 0 Å². The number of aryl methyl sites for hydroxylation is 1. The topological polar surface area (TPSA) is 58.5 Å². The fourth-order valence-corrected chi connectivity index (χ4v) is 2.62. The molecule has 1 heterocycles. The number of ether oxygens (including phenoxy) is 1. The average molecular weight is 310 g/mol. The molecule has 1 aliphatic carbocycles. The van der Waals surface area contributed by atoms with Crippen LogP contribution in [0.3, 0.4) is 0 Å². The third-order valence-electron chi connectivity index (χ3n) is 3.37. The second-order valence-corrected chi connectivity index (χ2v) is 6.47. The number of guanidine groups is 1. The largest absolute Gasteiger partial charge is 0.381 e. The standard InChI is InChI=1S/C15H26N4OS/c1-12-19-14(11-21-12)6-8-18-15(16-2)17-7-3-9-20-10-13-4-5-13/h11,13H,3-10H2,1-2H3,(H2,16,17,18). The van der Waals surface area contributed by atoms with Gasteiger partial charge in [-0.3, -0.25) is 4.99 Å². The lowest BCUT2D eigenvalue weighted by Gasteiger charge is -2.11. The Labute approximate surface area is 131 Å². The van der Waals surface area contributed by atoms with Gasteiger partial charge in [-0.05, 0) is 32.1 Å². The van der Waals surface area contributed by atoms with Gasteiger partial charge in [0.05, 0.1) is 10.7 Å². The molecule has 5 nitrogen and oxygen atoms in total. The highest BCUT2D eigenvalue weighted by atomic mass is 32.1. The summed E-state index contributed by atoms with van der Waals surface area (Å²) in [6.45, 7) is 5.55. The molecule has 1 aliphatic rings. The fraction of sp³-hybridized carbons (Fsp3) is 0.733. The first kappa shape index (κ1) is 16.2. The Morgan fingerprint density at radius 3 is 2.90 bits per heavy atom. The van der Waals surface area contributed by atoms with Crippen LogP contribution < -0.4 is 10.6 Å². The smallest absolute Gasteiger partial charge is 0.190 e. The van der Waals surface area contributed by atoms with E-state index in [1.807, 2.05) is 6.92 Å². The highest BCUT2D eigenvalue weighted by Gasteiger charge is 2.20. The van der Waals surface area contributed by atoms with Crippen LogP contribution in [0.1, 0.15) is 30.0 Å². The van der Waals surface area contributed by atoms with Gasteiger partial charge in [-0.25, -0.2) is 4.98 Å². The van der Waals surface area contributed by atoms with Crippen molar-refractivity contribution in [3.8, 4) is 0 Å². The van der Waals surface area contributed by atoms with Crippen molar-refractivity contribution in [1.82, 2.24) is 15.6 Å². The van der Waals surface area contributed by atoms with E-state index in [1.54, 1.807) is 18.4 Å². The van der Waals surface area contributed by atoms with Gasteiger partial charge in [0.1, 0.15) is 0 Å². The maximum atomic E-state index is 5.61. The summed E-state index contributed by atoms with van der Waals surface area (Å²) in [6, 6.07) is 0. The molecule has 1 aromatic heterocycles. The molecule has 2 N–H and O–H groups in total. The molecule has 21 heavy (non-hydrogen) atoms. The van der Waals surface area contributed by atoms with Gasteiger partial charge in [0.15, 0.2) is 5.96 Å². The first-order valence-corrected chi connectivity index (χ1v) is 8.59. The summed E-state index contributed by atoms with van der Waals surface area (Å²) in [6.07, 6.45) is 4.65. The number of nitrogens with one attached hydrogen (secondary N) is 2. The van der Waals surface area contributed by atoms with E-state index in [1.165, 1.54) is 12.8 Å². The SMILES string of the molecule is CN=C(NCCCOCC1CC1)NCCc1csc(C)n1. The molecule has 0 unspecified atom stereocenters. The highest BCUT2D eigenvalue weighted by Crippen LogP contribution is 2.28. The molecule has 1 aromatic rings. The predicted molar refractivity (Wildman–Crippen MR) is 88.1 cm³/mol. The summed E-state index contributed by atoms with van der Waals surface area (Å²) in [5.41, 5.74) is 1.15. The number of aromatic nitrogens is 1. The molecule has 6 heteroatoms. The van der Waals surface area contributed by atoms with Crippen LogP contribution in [0.4, 0.5) is 0 Å². The van der Waals surface area contributed by atoms with E-state index in [0.717, 1.165) is 61.7 Å². The molecule has 1 saturated carbocycles. The zero-order chi connectivity index (χ0) is 14.9. The maximum absolute atomic E-state index is 5.61. The zero-order valence-electron chi connectivity index (χ0n) is 13.0. The Morgan fingerprint density at radius 1 is 1.43 bits per heavy atom. The number of thiazole rings is 1. The minimum Gasteiger partial charge on any atom is -0.381 e. The summed E-state index contributed by atoms with van der Waals surface area (Å²) in [4.78, 5) is 8.67. The van der Waals surface area contributed by atoms with Gasteiger partial charge < -0.3 is 15.4 Å². The van der Waals surface area contributed by atoms with E-state index >= 15 is 0 Å². The second-order valence-electron chi connectivity index (χ2n) is 5.41. The van der Waals surface area contributed by atoms with Crippen LogP contribution in [-0.2, 0) is 11.2 Å². The third kappa shape index (κ3) is 6.91. The summed E-state index contributed by atoms with van der Waals surface area (Å²) >= 11 is 1.70.